The van der Waals surface area contributed by atoms with Crippen LogP contribution in [0.1, 0.15) is 43.0 Å². The van der Waals surface area contributed by atoms with Gasteiger partial charge < -0.3 is 15.6 Å². The van der Waals surface area contributed by atoms with Crippen molar-refractivity contribution in [2.75, 3.05) is 12.3 Å². The summed E-state index contributed by atoms with van der Waals surface area (Å²) in [7, 11) is 0. The van der Waals surface area contributed by atoms with Crippen molar-refractivity contribution in [1.29, 1.82) is 0 Å². The van der Waals surface area contributed by atoms with E-state index in [2.05, 4.69) is 11.9 Å². The molecule has 2 unspecified atom stereocenters. The standard InChI is InChI=1S/C14H20N2O3/c1-9-3-2-4-10(5-9)8-19-13-12(14(17)18)6-11(15)7-16-13/h6-7,9-10H,2-5,8,15H2,1H3,(H,17,18). The third-order valence-corrected chi connectivity index (χ3v) is 3.60. The highest BCUT2D eigenvalue weighted by Crippen LogP contribution is 2.29. The van der Waals surface area contributed by atoms with Gasteiger partial charge >= 0.3 is 5.97 Å². The number of carboxylic acids is 1. The molecule has 1 aliphatic rings. The molecule has 1 fully saturated rings. The third-order valence-electron chi connectivity index (χ3n) is 3.60. The number of aromatic nitrogens is 1. The number of carboxylic acid groups (broad SMARTS) is 1. The van der Waals surface area contributed by atoms with Gasteiger partial charge in [-0.15, -0.1) is 0 Å². The normalized spacial score (nSPS) is 23.0. The molecule has 2 atom stereocenters. The number of ether oxygens (including phenoxy) is 1. The third kappa shape index (κ3) is 3.59. The Bertz CT molecular complexity index is 462. The minimum atomic E-state index is -1.06. The fraction of sp³-hybridized carbons (Fsp3) is 0.571. The maximum Gasteiger partial charge on any atom is 0.341 e. The molecular weight excluding hydrogens is 244 g/mol. The van der Waals surface area contributed by atoms with Crippen LogP contribution in [0.2, 0.25) is 0 Å². The molecular formula is C14H20N2O3. The molecule has 1 heterocycles. The zero-order valence-electron chi connectivity index (χ0n) is 11.1. The van der Waals surface area contributed by atoms with Gasteiger partial charge in [-0.3, -0.25) is 0 Å². The summed E-state index contributed by atoms with van der Waals surface area (Å²) in [4.78, 5) is 15.1. The van der Waals surface area contributed by atoms with E-state index in [1.54, 1.807) is 0 Å². The fourth-order valence-electron chi connectivity index (χ4n) is 2.64. The van der Waals surface area contributed by atoms with E-state index in [1.165, 1.54) is 25.1 Å². The van der Waals surface area contributed by atoms with Crippen LogP contribution in [0.3, 0.4) is 0 Å². The molecule has 5 nitrogen and oxygen atoms in total. The Balaban J connectivity index is 2.01. The molecule has 1 aromatic heterocycles. The first-order valence-electron chi connectivity index (χ1n) is 6.68. The van der Waals surface area contributed by atoms with E-state index < -0.39 is 5.97 Å². The van der Waals surface area contributed by atoms with E-state index in [-0.39, 0.29) is 11.4 Å². The van der Waals surface area contributed by atoms with E-state index in [4.69, 9.17) is 15.6 Å². The Labute approximate surface area is 112 Å². The van der Waals surface area contributed by atoms with Crippen LogP contribution in [0, 0.1) is 11.8 Å². The van der Waals surface area contributed by atoms with Gasteiger partial charge in [0.05, 0.1) is 18.5 Å². The van der Waals surface area contributed by atoms with Gasteiger partial charge in [-0.25, -0.2) is 9.78 Å². The van der Waals surface area contributed by atoms with Gasteiger partial charge in [-0.1, -0.05) is 19.8 Å². The Hall–Kier alpha value is -1.78. The van der Waals surface area contributed by atoms with Crippen molar-refractivity contribution >= 4 is 11.7 Å². The number of rotatable bonds is 4. The van der Waals surface area contributed by atoms with Crippen molar-refractivity contribution in [2.45, 2.75) is 32.6 Å². The molecule has 0 radical (unpaired) electrons. The van der Waals surface area contributed by atoms with Crippen LogP contribution >= 0.6 is 0 Å². The molecule has 0 aliphatic heterocycles. The molecule has 1 aliphatic carbocycles. The van der Waals surface area contributed by atoms with Crippen LogP contribution in [-0.4, -0.2) is 22.7 Å². The summed E-state index contributed by atoms with van der Waals surface area (Å²) in [6, 6.07) is 1.38. The molecule has 1 aromatic rings. The van der Waals surface area contributed by atoms with Crippen LogP contribution in [0.4, 0.5) is 5.69 Å². The smallest absolute Gasteiger partial charge is 0.341 e. The molecule has 0 amide bonds. The predicted octanol–water partition coefficient (Wildman–Crippen LogP) is 2.57. The summed E-state index contributed by atoms with van der Waals surface area (Å²) >= 11 is 0. The maximum absolute atomic E-state index is 11.1. The monoisotopic (exact) mass is 264 g/mol. The predicted molar refractivity (Wildman–Crippen MR) is 72.2 cm³/mol. The lowest BCUT2D eigenvalue weighted by Crippen LogP contribution is -2.20. The van der Waals surface area contributed by atoms with Crippen LogP contribution in [0.25, 0.3) is 0 Å². The molecule has 0 spiro atoms. The highest BCUT2D eigenvalue weighted by Gasteiger charge is 2.21. The van der Waals surface area contributed by atoms with Crippen molar-refractivity contribution in [3.63, 3.8) is 0 Å². The van der Waals surface area contributed by atoms with E-state index in [0.29, 0.717) is 18.2 Å². The average Bonchev–Trinajstić information content (AvgIpc) is 2.37. The van der Waals surface area contributed by atoms with Crippen LogP contribution in [-0.2, 0) is 0 Å². The summed E-state index contributed by atoms with van der Waals surface area (Å²) in [6.45, 7) is 2.78. The minimum absolute atomic E-state index is 0.0313. The number of aromatic carboxylic acids is 1. The first-order valence-corrected chi connectivity index (χ1v) is 6.68. The summed E-state index contributed by atoms with van der Waals surface area (Å²) in [5.41, 5.74) is 5.90. The van der Waals surface area contributed by atoms with E-state index in [1.807, 2.05) is 0 Å². The van der Waals surface area contributed by atoms with E-state index in [9.17, 15) is 4.79 Å². The largest absolute Gasteiger partial charge is 0.477 e. The van der Waals surface area contributed by atoms with Crippen LogP contribution < -0.4 is 10.5 Å². The molecule has 5 heteroatoms. The number of pyridine rings is 1. The second-order valence-corrected chi connectivity index (χ2v) is 5.38. The Kier molecular flexibility index (Phi) is 4.24. The highest BCUT2D eigenvalue weighted by atomic mass is 16.5. The molecule has 1 saturated carbocycles. The molecule has 3 N–H and O–H groups in total. The van der Waals surface area contributed by atoms with Crippen molar-refractivity contribution in [3.05, 3.63) is 17.8 Å². The van der Waals surface area contributed by atoms with Crippen LogP contribution in [0.15, 0.2) is 12.3 Å². The van der Waals surface area contributed by atoms with E-state index in [0.717, 1.165) is 18.8 Å². The number of hydrogen-bond donors (Lipinski definition) is 2. The van der Waals surface area contributed by atoms with Crippen LogP contribution in [0.5, 0.6) is 5.88 Å². The second-order valence-electron chi connectivity index (χ2n) is 5.38. The number of nitrogens with zero attached hydrogens (tertiary/aromatic N) is 1. The number of carbonyl (C=O) groups is 1. The lowest BCUT2D eigenvalue weighted by atomic mass is 9.83. The number of anilines is 1. The fourth-order valence-corrected chi connectivity index (χ4v) is 2.64. The summed E-state index contributed by atoms with van der Waals surface area (Å²) in [5, 5.41) is 9.09. The lowest BCUT2D eigenvalue weighted by Gasteiger charge is -2.26. The van der Waals surface area contributed by atoms with Gasteiger partial charge in [-0.2, -0.15) is 0 Å². The van der Waals surface area contributed by atoms with Gasteiger partial charge in [0.15, 0.2) is 0 Å². The van der Waals surface area contributed by atoms with Gasteiger partial charge in [0, 0.05) is 0 Å². The van der Waals surface area contributed by atoms with Crippen molar-refractivity contribution in [3.8, 4) is 5.88 Å². The first-order chi connectivity index (χ1) is 9.06. The number of hydrogen-bond acceptors (Lipinski definition) is 4. The van der Waals surface area contributed by atoms with Gasteiger partial charge in [-0.05, 0) is 30.7 Å². The molecule has 0 saturated heterocycles. The lowest BCUT2D eigenvalue weighted by molar-refractivity contribution is 0.0688. The van der Waals surface area contributed by atoms with E-state index >= 15 is 0 Å². The van der Waals surface area contributed by atoms with Gasteiger partial charge in [0.25, 0.3) is 0 Å². The molecule has 19 heavy (non-hydrogen) atoms. The quantitative estimate of drug-likeness (QED) is 0.873. The highest BCUT2D eigenvalue weighted by molar-refractivity contribution is 5.91. The summed E-state index contributed by atoms with van der Waals surface area (Å²) in [5.74, 6) is 0.317. The van der Waals surface area contributed by atoms with Crippen molar-refractivity contribution in [1.82, 2.24) is 4.98 Å². The topological polar surface area (TPSA) is 85.4 Å². The summed E-state index contributed by atoms with van der Waals surface area (Å²) in [6.07, 6.45) is 6.19. The zero-order chi connectivity index (χ0) is 13.8. The zero-order valence-corrected chi connectivity index (χ0v) is 11.1. The first kappa shape index (κ1) is 13.6. The summed E-state index contributed by atoms with van der Waals surface area (Å²) < 4.78 is 5.59. The SMILES string of the molecule is CC1CCCC(COc2ncc(N)cc2C(=O)O)C1. The Morgan fingerprint density at radius 1 is 1.58 bits per heavy atom. The number of nitrogens with two attached hydrogens (primary N) is 1. The molecule has 0 bridgehead atoms. The molecule has 2 rings (SSSR count). The average molecular weight is 264 g/mol. The molecule has 0 aromatic carbocycles. The minimum Gasteiger partial charge on any atom is -0.477 e. The maximum atomic E-state index is 11.1. The number of nitrogen functional groups attached to an aromatic ring is 1. The van der Waals surface area contributed by atoms with Gasteiger partial charge in [0.2, 0.25) is 5.88 Å². The van der Waals surface area contributed by atoms with Gasteiger partial charge in [0.1, 0.15) is 5.56 Å². The Morgan fingerprint density at radius 2 is 2.37 bits per heavy atom. The molecule has 104 valence electrons. The van der Waals surface area contributed by atoms with Crippen molar-refractivity contribution in [2.24, 2.45) is 11.8 Å². The van der Waals surface area contributed by atoms with Crippen molar-refractivity contribution < 1.29 is 14.6 Å². The Morgan fingerprint density at radius 3 is 3.05 bits per heavy atom. The second kappa shape index (κ2) is 5.91.